The molecule has 1 heterocycles. The number of nitrogens with zero attached hydrogens (tertiary/aromatic N) is 2. The number of hydrogen-bond acceptors (Lipinski definition) is 2. The average Bonchev–Trinajstić information content (AvgIpc) is 2.46. The summed E-state index contributed by atoms with van der Waals surface area (Å²) >= 11 is 0. The second-order valence-corrected chi connectivity index (χ2v) is 5.42. The van der Waals surface area contributed by atoms with E-state index in [9.17, 15) is 0 Å². The molecule has 1 unspecified atom stereocenters. The third-order valence-corrected chi connectivity index (χ3v) is 3.65. The third kappa shape index (κ3) is 3.53. The van der Waals surface area contributed by atoms with Crippen molar-refractivity contribution in [2.75, 3.05) is 26.0 Å². The van der Waals surface area contributed by atoms with E-state index in [0.717, 1.165) is 6.42 Å². The molecule has 2 nitrogen and oxygen atoms in total. The van der Waals surface area contributed by atoms with E-state index < -0.39 is 0 Å². The van der Waals surface area contributed by atoms with Gasteiger partial charge in [-0.25, -0.2) is 0 Å². The third-order valence-electron chi connectivity index (χ3n) is 3.65. The van der Waals surface area contributed by atoms with E-state index >= 15 is 0 Å². The molecule has 1 aromatic rings. The van der Waals surface area contributed by atoms with Gasteiger partial charge < -0.3 is 9.80 Å². The van der Waals surface area contributed by atoms with Gasteiger partial charge >= 0.3 is 0 Å². The maximum absolute atomic E-state index is 2.25. The van der Waals surface area contributed by atoms with E-state index in [-0.39, 0.29) is 0 Å². The van der Waals surface area contributed by atoms with Gasteiger partial charge in [0.15, 0.2) is 0 Å². The first-order valence-corrected chi connectivity index (χ1v) is 7.16. The molecule has 1 aromatic carbocycles. The molecule has 2 rings (SSSR count). The summed E-state index contributed by atoms with van der Waals surface area (Å²) in [6.45, 7) is 2.19. The van der Waals surface area contributed by atoms with Gasteiger partial charge in [0.05, 0.1) is 6.04 Å². The molecule has 2 heteroatoms. The summed E-state index contributed by atoms with van der Waals surface area (Å²) in [5.41, 5.74) is 3.85. The van der Waals surface area contributed by atoms with Crippen LogP contribution in [0.25, 0.3) is 6.08 Å². The van der Waals surface area contributed by atoms with Crippen molar-refractivity contribution >= 4 is 11.8 Å². The molecule has 0 aromatic heterocycles. The normalized spacial score (nSPS) is 18.5. The van der Waals surface area contributed by atoms with Gasteiger partial charge in [-0.15, -0.1) is 0 Å². The van der Waals surface area contributed by atoms with Crippen molar-refractivity contribution in [1.82, 2.24) is 4.90 Å². The first-order valence-electron chi connectivity index (χ1n) is 7.16. The van der Waals surface area contributed by atoms with Crippen molar-refractivity contribution in [1.29, 1.82) is 0 Å². The number of rotatable bonds is 4. The van der Waals surface area contributed by atoms with Crippen LogP contribution >= 0.6 is 0 Å². The van der Waals surface area contributed by atoms with Crippen LogP contribution in [-0.4, -0.2) is 32.1 Å². The van der Waals surface area contributed by atoms with Gasteiger partial charge in [-0.05, 0) is 29.7 Å². The summed E-state index contributed by atoms with van der Waals surface area (Å²) in [4.78, 5) is 4.37. The van der Waals surface area contributed by atoms with Gasteiger partial charge in [-0.1, -0.05) is 43.4 Å². The lowest BCUT2D eigenvalue weighted by Crippen LogP contribution is -2.25. The number of allylic oxidation sites excluding steroid dienone is 2. The zero-order valence-electron chi connectivity index (χ0n) is 12.9. The molecule has 0 aliphatic carbocycles. The molecule has 0 fully saturated rings. The predicted molar refractivity (Wildman–Crippen MR) is 88.9 cm³/mol. The maximum atomic E-state index is 2.25. The highest BCUT2D eigenvalue weighted by molar-refractivity contribution is 5.56. The highest BCUT2D eigenvalue weighted by atomic mass is 15.1. The van der Waals surface area contributed by atoms with Crippen molar-refractivity contribution < 1.29 is 0 Å². The van der Waals surface area contributed by atoms with Crippen LogP contribution in [0.15, 0.2) is 54.3 Å². The van der Waals surface area contributed by atoms with Crippen LogP contribution in [-0.2, 0) is 0 Å². The molecular formula is C18H24N2. The van der Waals surface area contributed by atoms with E-state index in [1.54, 1.807) is 0 Å². The summed E-state index contributed by atoms with van der Waals surface area (Å²) in [5, 5.41) is 0. The summed E-state index contributed by atoms with van der Waals surface area (Å²) < 4.78 is 0. The largest absolute Gasteiger partial charge is 0.378 e. The highest BCUT2D eigenvalue weighted by Crippen LogP contribution is 2.17. The van der Waals surface area contributed by atoms with Crippen LogP contribution in [0.3, 0.4) is 0 Å². The Hall–Kier alpha value is -1.96. The minimum Gasteiger partial charge on any atom is -0.378 e. The van der Waals surface area contributed by atoms with Gasteiger partial charge in [0.2, 0.25) is 0 Å². The number of anilines is 1. The molecule has 0 saturated heterocycles. The Balaban J connectivity index is 2.03. The minimum absolute atomic E-state index is 0.346. The molecular weight excluding hydrogens is 244 g/mol. The Labute approximate surface area is 122 Å². The van der Waals surface area contributed by atoms with E-state index in [4.69, 9.17) is 0 Å². The lowest BCUT2D eigenvalue weighted by molar-refractivity contribution is 0.429. The Morgan fingerprint density at radius 1 is 1.20 bits per heavy atom. The first-order chi connectivity index (χ1) is 9.60. The molecule has 1 aliphatic rings. The van der Waals surface area contributed by atoms with Gasteiger partial charge in [0.25, 0.3) is 0 Å². The quantitative estimate of drug-likeness (QED) is 0.816. The van der Waals surface area contributed by atoms with Gasteiger partial charge in [-0.3, -0.25) is 0 Å². The highest BCUT2D eigenvalue weighted by Gasteiger charge is 2.09. The Bertz CT molecular complexity index is 521. The molecule has 0 spiro atoms. The first kappa shape index (κ1) is 14.4. The van der Waals surface area contributed by atoms with Gasteiger partial charge in [0, 0.05) is 33.0 Å². The van der Waals surface area contributed by atoms with Crippen LogP contribution in [0.2, 0.25) is 0 Å². The average molecular weight is 268 g/mol. The number of hydrogen-bond donors (Lipinski definition) is 0. The Morgan fingerprint density at radius 3 is 2.45 bits per heavy atom. The molecule has 1 aliphatic heterocycles. The van der Waals surface area contributed by atoms with E-state index in [0.29, 0.717) is 6.04 Å². The van der Waals surface area contributed by atoms with Crippen molar-refractivity contribution in [3.63, 3.8) is 0 Å². The van der Waals surface area contributed by atoms with Crippen LogP contribution in [0.4, 0.5) is 5.69 Å². The smallest absolute Gasteiger partial charge is 0.0655 e. The van der Waals surface area contributed by atoms with E-state index in [1.807, 2.05) is 0 Å². The predicted octanol–water partition coefficient (Wildman–Crippen LogP) is 3.93. The van der Waals surface area contributed by atoms with E-state index in [2.05, 4.69) is 92.6 Å². The van der Waals surface area contributed by atoms with Crippen LogP contribution in [0.5, 0.6) is 0 Å². The number of benzene rings is 1. The van der Waals surface area contributed by atoms with Crippen LogP contribution < -0.4 is 4.90 Å². The van der Waals surface area contributed by atoms with Crippen LogP contribution in [0, 0.1) is 0 Å². The summed E-state index contributed by atoms with van der Waals surface area (Å²) in [6.07, 6.45) is 12.2. The molecule has 0 bridgehead atoms. The summed E-state index contributed by atoms with van der Waals surface area (Å²) in [7, 11) is 6.25. The monoisotopic (exact) mass is 268 g/mol. The second-order valence-electron chi connectivity index (χ2n) is 5.42. The Morgan fingerprint density at radius 2 is 1.90 bits per heavy atom. The van der Waals surface area contributed by atoms with Gasteiger partial charge in [0.1, 0.15) is 0 Å². The van der Waals surface area contributed by atoms with Crippen LogP contribution in [0.1, 0.15) is 18.9 Å². The standard InChI is InChI=1S/C18H24N2/c1-5-15-6-12-18(20(4)14-15)13-9-16-7-10-17(11-8-16)19(2)3/h6-14,18H,5H2,1-4H3/b13-9+. The summed E-state index contributed by atoms with van der Waals surface area (Å²) in [5.74, 6) is 0. The van der Waals surface area contributed by atoms with Crippen molar-refractivity contribution in [2.45, 2.75) is 19.4 Å². The zero-order chi connectivity index (χ0) is 14.5. The maximum Gasteiger partial charge on any atom is 0.0655 e. The SMILES string of the molecule is CCC1=CN(C)C(/C=C/c2ccc(N(C)C)cc2)C=C1. The lowest BCUT2D eigenvalue weighted by atomic mass is 10.1. The molecule has 0 N–H and O–H groups in total. The molecule has 106 valence electrons. The van der Waals surface area contributed by atoms with Crippen molar-refractivity contribution in [3.05, 3.63) is 59.8 Å². The Kier molecular flexibility index (Phi) is 4.67. The fourth-order valence-electron chi connectivity index (χ4n) is 2.25. The number of likely N-dealkylation sites (N-methyl/N-ethyl adjacent to an activating group) is 1. The molecule has 0 radical (unpaired) electrons. The van der Waals surface area contributed by atoms with Gasteiger partial charge in [-0.2, -0.15) is 0 Å². The van der Waals surface area contributed by atoms with Crippen molar-refractivity contribution in [3.8, 4) is 0 Å². The lowest BCUT2D eigenvalue weighted by Gasteiger charge is -2.25. The second kappa shape index (κ2) is 6.47. The molecule has 1 atom stereocenters. The zero-order valence-corrected chi connectivity index (χ0v) is 12.9. The fourth-order valence-corrected chi connectivity index (χ4v) is 2.25. The topological polar surface area (TPSA) is 6.48 Å². The van der Waals surface area contributed by atoms with Crippen molar-refractivity contribution in [2.24, 2.45) is 0 Å². The van der Waals surface area contributed by atoms with E-state index in [1.165, 1.54) is 16.8 Å². The summed E-state index contributed by atoms with van der Waals surface area (Å²) in [6, 6.07) is 8.96. The molecule has 20 heavy (non-hydrogen) atoms. The minimum atomic E-state index is 0.346. The molecule has 0 saturated carbocycles. The fraction of sp³-hybridized carbons (Fsp3) is 0.333. The molecule has 0 amide bonds.